The molecule has 0 heterocycles. The zero-order valence-electron chi connectivity index (χ0n) is 20.7. The molecule has 0 saturated heterocycles. The molecule has 37 heavy (non-hydrogen) atoms. The van der Waals surface area contributed by atoms with Crippen LogP contribution in [0.4, 0.5) is 17.6 Å². The molecule has 1 saturated carbocycles. The summed E-state index contributed by atoms with van der Waals surface area (Å²) in [6.45, 7) is 6.14. The first-order valence-electron chi connectivity index (χ1n) is 12.5. The summed E-state index contributed by atoms with van der Waals surface area (Å²) in [6.07, 6.45) is 4.80. The summed E-state index contributed by atoms with van der Waals surface area (Å²) in [5.41, 5.74) is 1.57. The van der Waals surface area contributed by atoms with Gasteiger partial charge in [-0.05, 0) is 73.4 Å². The Balaban J connectivity index is 1.40. The van der Waals surface area contributed by atoms with E-state index in [1.54, 1.807) is 30.3 Å². The molecule has 3 aromatic carbocycles. The zero-order valence-corrected chi connectivity index (χ0v) is 20.7. The molecule has 7 heteroatoms. The van der Waals surface area contributed by atoms with Crippen molar-refractivity contribution in [2.75, 3.05) is 13.2 Å². The number of ether oxygens (including phenoxy) is 3. The Morgan fingerprint density at radius 3 is 2.11 bits per heavy atom. The van der Waals surface area contributed by atoms with Gasteiger partial charge in [0, 0.05) is 12.2 Å². The van der Waals surface area contributed by atoms with Crippen LogP contribution >= 0.6 is 0 Å². The summed E-state index contributed by atoms with van der Waals surface area (Å²) in [7, 11) is 0. The molecule has 0 aliphatic heterocycles. The van der Waals surface area contributed by atoms with Crippen LogP contribution in [0.2, 0.25) is 0 Å². The van der Waals surface area contributed by atoms with Crippen LogP contribution in [0, 0.1) is 23.3 Å². The second-order valence-corrected chi connectivity index (χ2v) is 9.03. The first-order valence-corrected chi connectivity index (χ1v) is 12.5. The molecule has 0 spiro atoms. The summed E-state index contributed by atoms with van der Waals surface area (Å²) < 4.78 is 74.8. The molecule has 0 radical (unpaired) electrons. The van der Waals surface area contributed by atoms with E-state index in [1.165, 1.54) is 24.3 Å². The highest BCUT2D eigenvalue weighted by Crippen LogP contribution is 2.37. The standard InChI is InChI=1S/C30H30F4O3/c1-3-17-36-25-15-13-23(27(31)29(25)33)20-7-5-19(6-8-20)18-37-26-16-14-24(28(32)30(26)34)21-9-11-22(12-10-21)35-4-2/h3,5-8,13-16,21-22H,1,4,9-12,17-18H2,2H3. The minimum absolute atomic E-state index is 0.0133. The number of rotatable bonds is 10. The average molecular weight is 515 g/mol. The first-order chi connectivity index (χ1) is 17.9. The molecule has 3 nitrogen and oxygen atoms in total. The molecule has 0 bridgehead atoms. The van der Waals surface area contributed by atoms with Crippen LogP contribution in [0.5, 0.6) is 11.5 Å². The Morgan fingerprint density at radius 1 is 0.784 bits per heavy atom. The van der Waals surface area contributed by atoms with Gasteiger partial charge in [0.1, 0.15) is 13.2 Å². The van der Waals surface area contributed by atoms with Gasteiger partial charge in [-0.25, -0.2) is 8.78 Å². The van der Waals surface area contributed by atoms with Crippen LogP contribution in [0.1, 0.15) is 49.7 Å². The molecule has 196 valence electrons. The highest BCUT2D eigenvalue weighted by molar-refractivity contribution is 5.65. The van der Waals surface area contributed by atoms with Crippen molar-refractivity contribution in [1.29, 1.82) is 0 Å². The van der Waals surface area contributed by atoms with E-state index in [2.05, 4.69) is 6.58 Å². The maximum absolute atomic E-state index is 14.9. The Hall–Kier alpha value is -3.32. The molecule has 4 rings (SSSR count). The van der Waals surface area contributed by atoms with Crippen molar-refractivity contribution in [3.05, 3.63) is 95.6 Å². The predicted octanol–water partition coefficient (Wildman–Crippen LogP) is 8.12. The van der Waals surface area contributed by atoms with Gasteiger partial charge < -0.3 is 14.2 Å². The monoisotopic (exact) mass is 514 g/mol. The third kappa shape index (κ3) is 6.16. The summed E-state index contributed by atoms with van der Waals surface area (Å²) in [5, 5.41) is 0. The summed E-state index contributed by atoms with van der Waals surface area (Å²) >= 11 is 0. The van der Waals surface area contributed by atoms with Crippen LogP contribution in [0.3, 0.4) is 0 Å². The molecule has 1 aliphatic carbocycles. The highest BCUT2D eigenvalue weighted by atomic mass is 19.2. The van der Waals surface area contributed by atoms with Gasteiger partial charge in [0.2, 0.25) is 11.6 Å². The predicted molar refractivity (Wildman–Crippen MR) is 135 cm³/mol. The third-order valence-electron chi connectivity index (χ3n) is 6.66. The fourth-order valence-corrected chi connectivity index (χ4v) is 4.71. The van der Waals surface area contributed by atoms with Crippen molar-refractivity contribution in [3.8, 4) is 22.6 Å². The second kappa shape index (κ2) is 12.3. The molecule has 1 fully saturated rings. The number of hydrogen-bond acceptors (Lipinski definition) is 3. The zero-order chi connectivity index (χ0) is 26.4. The lowest BCUT2D eigenvalue weighted by Crippen LogP contribution is -2.21. The molecule has 0 unspecified atom stereocenters. The van der Waals surface area contributed by atoms with Crippen LogP contribution < -0.4 is 9.47 Å². The van der Waals surface area contributed by atoms with Gasteiger partial charge in [0.25, 0.3) is 0 Å². The van der Waals surface area contributed by atoms with Crippen molar-refractivity contribution in [2.24, 2.45) is 0 Å². The molecule has 3 aromatic rings. The van der Waals surface area contributed by atoms with Crippen molar-refractivity contribution < 1.29 is 31.8 Å². The van der Waals surface area contributed by atoms with E-state index in [1.807, 2.05) is 6.92 Å². The maximum atomic E-state index is 14.9. The molecule has 1 aliphatic rings. The Kier molecular flexibility index (Phi) is 8.87. The smallest absolute Gasteiger partial charge is 0.201 e. The number of benzene rings is 3. The Bertz CT molecular complexity index is 1220. The van der Waals surface area contributed by atoms with Gasteiger partial charge in [-0.2, -0.15) is 8.78 Å². The lowest BCUT2D eigenvalue weighted by atomic mass is 9.82. The summed E-state index contributed by atoms with van der Waals surface area (Å²) in [6, 6.07) is 12.4. The van der Waals surface area contributed by atoms with Gasteiger partial charge in [-0.1, -0.05) is 43.0 Å². The van der Waals surface area contributed by atoms with Crippen LogP contribution in [0.25, 0.3) is 11.1 Å². The summed E-state index contributed by atoms with van der Waals surface area (Å²) in [4.78, 5) is 0. The molecule has 0 aromatic heterocycles. The van der Waals surface area contributed by atoms with E-state index in [4.69, 9.17) is 14.2 Å². The molecule has 0 N–H and O–H groups in total. The second-order valence-electron chi connectivity index (χ2n) is 9.03. The van der Waals surface area contributed by atoms with E-state index in [0.29, 0.717) is 23.3 Å². The van der Waals surface area contributed by atoms with Crippen molar-refractivity contribution in [3.63, 3.8) is 0 Å². The normalized spacial score (nSPS) is 17.4. The van der Waals surface area contributed by atoms with Crippen LogP contribution in [-0.2, 0) is 11.3 Å². The number of halogens is 4. The fraction of sp³-hybridized carbons (Fsp3) is 0.333. The van der Waals surface area contributed by atoms with Gasteiger partial charge >= 0.3 is 0 Å². The molecule has 0 atom stereocenters. The quantitative estimate of drug-likeness (QED) is 0.202. The van der Waals surface area contributed by atoms with E-state index >= 15 is 0 Å². The van der Waals surface area contributed by atoms with E-state index in [0.717, 1.165) is 25.7 Å². The van der Waals surface area contributed by atoms with Crippen LogP contribution in [0.15, 0.2) is 61.2 Å². The van der Waals surface area contributed by atoms with Gasteiger partial charge in [-0.15, -0.1) is 0 Å². The topological polar surface area (TPSA) is 27.7 Å². The van der Waals surface area contributed by atoms with Gasteiger partial charge in [0.15, 0.2) is 23.1 Å². The van der Waals surface area contributed by atoms with E-state index in [9.17, 15) is 17.6 Å². The minimum Gasteiger partial charge on any atom is -0.486 e. The van der Waals surface area contributed by atoms with Crippen LogP contribution in [-0.4, -0.2) is 19.3 Å². The van der Waals surface area contributed by atoms with Crippen molar-refractivity contribution in [2.45, 2.75) is 51.2 Å². The third-order valence-corrected chi connectivity index (χ3v) is 6.66. The fourth-order valence-electron chi connectivity index (χ4n) is 4.71. The van der Waals surface area contributed by atoms with E-state index < -0.39 is 23.3 Å². The minimum atomic E-state index is -1.07. The lowest BCUT2D eigenvalue weighted by Gasteiger charge is -2.29. The Morgan fingerprint density at radius 2 is 1.43 bits per heavy atom. The van der Waals surface area contributed by atoms with Crippen molar-refractivity contribution in [1.82, 2.24) is 0 Å². The lowest BCUT2D eigenvalue weighted by molar-refractivity contribution is 0.0325. The molecular weight excluding hydrogens is 484 g/mol. The molecule has 0 amide bonds. The summed E-state index contributed by atoms with van der Waals surface area (Å²) in [5.74, 6) is -4.37. The average Bonchev–Trinajstić information content (AvgIpc) is 2.92. The highest BCUT2D eigenvalue weighted by Gasteiger charge is 2.27. The Labute approximate surface area is 214 Å². The largest absolute Gasteiger partial charge is 0.486 e. The van der Waals surface area contributed by atoms with Gasteiger partial charge in [0.05, 0.1) is 6.10 Å². The molecular formula is C30H30F4O3. The SMILES string of the molecule is C=CCOc1ccc(-c2ccc(COc3ccc(C4CCC(OCC)CC4)c(F)c3F)cc2)c(F)c1F. The van der Waals surface area contributed by atoms with Gasteiger partial charge in [-0.3, -0.25) is 0 Å². The first kappa shape index (κ1) is 26.7. The van der Waals surface area contributed by atoms with E-state index in [-0.39, 0.29) is 42.3 Å². The number of hydrogen-bond donors (Lipinski definition) is 0. The van der Waals surface area contributed by atoms with Crippen molar-refractivity contribution >= 4 is 0 Å². The maximum Gasteiger partial charge on any atom is 0.201 e.